The Balaban J connectivity index is 1.50. The molecule has 1 heterocycles. The molecule has 0 saturated carbocycles. The third-order valence-corrected chi connectivity index (χ3v) is 5.43. The van der Waals surface area contributed by atoms with E-state index in [1.54, 1.807) is 12.1 Å². The number of non-ortho nitro benzene ring substituents is 1. The second-order valence-electron chi connectivity index (χ2n) is 6.91. The van der Waals surface area contributed by atoms with Crippen molar-refractivity contribution in [1.29, 1.82) is 0 Å². The SMILES string of the molecule is O=C(COC(=O)[C@H]1CC(=O)N(NC(=O)c2ccc([N+](=O)[O-])cc2)C1)Nc1cccc(Cl)c1Cl. The molecule has 1 fully saturated rings. The van der Waals surface area contributed by atoms with E-state index >= 15 is 0 Å². The summed E-state index contributed by atoms with van der Waals surface area (Å²) in [7, 11) is 0. The highest BCUT2D eigenvalue weighted by molar-refractivity contribution is 6.44. The van der Waals surface area contributed by atoms with Gasteiger partial charge in [0.05, 0.1) is 33.1 Å². The molecule has 3 rings (SSSR count). The van der Waals surface area contributed by atoms with Crippen LogP contribution in [-0.4, -0.2) is 46.8 Å². The second-order valence-corrected chi connectivity index (χ2v) is 7.69. The van der Waals surface area contributed by atoms with Gasteiger partial charge in [0.1, 0.15) is 0 Å². The second kappa shape index (κ2) is 10.3. The van der Waals surface area contributed by atoms with Crippen LogP contribution >= 0.6 is 23.2 Å². The molecule has 1 aliphatic heterocycles. The van der Waals surface area contributed by atoms with Crippen molar-refractivity contribution >= 4 is 58.3 Å². The summed E-state index contributed by atoms with van der Waals surface area (Å²) >= 11 is 11.9. The zero-order chi connectivity index (χ0) is 24.1. The molecule has 1 aliphatic rings. The third kappa shape index (κ3) is 5.96. The summed E-state index contributed by atoms with van der Waals surface area (Å²) in [5.41, 5.74) is 2.51. The van der Waals surface area contributed by atoms with E-state index in [0.29, 0.717) is 0 Å². The Bertz CT molecular complexity index is 1120. The summed E-state index contributed by atoms with van der Waals surface area (Å²) in [4.78, 5) is 58.8. The molecule has 2 aromatic rings. The van der Waals surface area contributed by atoms with E-state index in [0.717, 1.165) is 17.1 Å². The molecule has 13 heteroatoms. The number of hydrogen-bond acceptors (Lipinski definition) is 7. The van der Waals surface area contributed by atoms with Crippen LogP contribution < -0.4 is 10.7 Å². The van der Waals surface area contributed by atoms with Gasteiger partial charge in [-0.3, -0.25) is 39.7 Å². The molecule has 1 saturated heterocycles. The number of rotatable bonds is 7. The van der Waals surface area contributed by atoms with Gasteiger partial charge in [0, 0.05) is 24.1 Å². The monoisotopic (exact) mass is 494 g/mol. The van der Waals surface area contributed by atoms with Crippen LogP contribution in [0.2, 0.25) is 10.0 Å². The number of nitrogens with zero attached hydrogens (tertiary/aromatic N) is 2. The lowest BCUT2D eigenvalue weighted by molar-refractivity contribution is -0.384. The van der Waals surface area contributed by atoms with Gasteiger partial charge in [-0.15, -0.1) is 0 Å². The first-order chi connectivity index (χ1) is 15.7. The topological polar surface area (TPSA) is 148 Å². The van der Waals surface area contributed by atoms with Gasteiger partial charge in [0.15, 0.2) is 6.61 Å². The van der Waals surface area contributed by atoms with Crippen LogP contribution in [0.15, 0.2) is 42.5 Å². The Kier molecular flexibility index (Phi) is 7.46. The predicted octanol–water partition coefficient (Wildman–Crippen LogP) is 2.58. The van der Waals surface area contributed by atoms with Crippen molar-refractivity contribution in [3.63, 3.8) is 0 Å². The minimum atomic E-state index is -0.891. The first kappa shape index (κ1) is 24.0. The van der Waals surface area contributed by atoms with Crippen molar-refractivity contribution in [3.05, 3.63) is 68.2 Å². The van der Waals surface area contributed by atoms with Gasteiger partial charge < -0.3 is 10.1 Å². The van der Waals surface area contributed by atoms with E-state index in [1.807, 2.05) is 0 Å². The number of hydrazine groups is 1. The molecule has 2 N–H and O–H groups in total. The fraction of sp³-hybridized carbons (Fsp3) is 0.200. The number of nitro benzene ring substituents is 1. The molecule has 0 bridgehead atoms. The van der Waals surface area contributed by atoms with Crippen molar-refractivity contribution < 1.29 is 28.8 Å². The summed E-state index contributed by atoms with van der Waals surface area (Å²) < 4.78 is 4.97. The zero-order valence-corrected chi connectivity index (χ0v) is 18.3. The highest BCUT2D eigenvalue weighted by atomic mass is 35.5. The molecule has 0 aliphatic carbocycles. The number of nitrogens with one attached hydrogen (secondary N) is 2. The van der Waals surface area contributed by atoms with Gasteiger partial charge in [-0.1, -0.05) is 29.3 Å². The molecular formula is C20H16Cl2N4O7. The Morgan fingerprint density at radius 2 is 1.85 bits per heavy atom. The molecule has 11 nitrogen and oxygen atoms in total. The predicted molar refractivity (Wildman–Crippen MR) is 116 cm³/mol. The fourth-order valence-electron chi connectivity index (χ4n) is 2.94. The summed E-state index contributed by atoms with van der Waals surface area (Å²) in [6, 6.07) is 9.44. The Morgan fingerprint density at radius 3 is 2.52 bits per heavy atom. The van der Waals surface area contributed by atoms with Crippen LogP contribution in [0.5, 0.6) is 0 Å². The summed E-state index contributed by atoms with van der Waals surface area (Å²) in [6.07, 6.45) is -0.221. The summed E-state index contributed by atoms with van der Waals surface area (Å²) in [5.74, 6) is -3.53. The standard InChI is InChI=1S/C20H16Cl2N4O7/c21-14-2-1-3-15(18(14)22)23-16(27)10-33-20(30)12-8-17(28)25(9-12)24-19(29)11-4-6-13(7-5-11)26(31)32/h1-7,12H,8-10H2,(H,23,27)(H,24,29)/t12-/m0/s1. The molecule has 33 heavy (non-hydrogen) atoms. The van der Waals surface area contributed by atoms with Crippen LogP contribution in [-0.2, 0) is 19.1 Å². The number of esters is 1. The molecule has 2 aromatic carbocycles. The lowest BCUT2D eigenvalue weighted by atomic mass is 10.1. The smallest absolute Gasteiger partial charge is 0.311 e. The van der Waals surface area contributed by atoms with Crippen molar-refractivity contribution in [2.24, 2.45) is 5.92 Å². The minimum absolute atomic E-state index is 0.0933. The maximum Gasteiger partial charge on any atom is 0.311 e. The number of carbonyl (C=O) groups excluding carboxylic acids is 4. The maximum absolute atomic E-state index is 12.3. The number of ether oxygens (including phenoxy) is 1. The molecule has 3 amide bonds. The Hall–Kier alpha value is -3.70. The number of halogens is 2. The van der Waals surface area contributed by atoms with Crippen LogP contribution in [0.1, 0.15) is 16.8 Å². The zero-order valence-electron chi connectivity index (χ0n) is 16.7. The third-order valence-electron chi connectivity index (χ3n) is 4.61. The van der Waals surface area contributed by atoms with E-state index in [-0.39, 0.29) is 39.9 Å². The number of anilines is 1. The molecule has 0 spiro atoms. The molecule has 172 valence electrons. The molecule has 1 atom stereocenters. The van der Waals surface area contributed by atoms with Crippen molar-refractivity contribution in [2.45, 2.75) is 6.42 Å². The largest absolute Gasteiger partial charge is 0.455 e. The lowest BCUT2D eigenvalue weighted by Crippen LogP contribution is -2.43. The van der Waals surface area contributed by atoms with Crippen molar-refractivity contribution in [1.82, 2.24) is 10.4 Å². The average molecular weight is 495 g/mol. The number of carbonyl (C=O) groups is 4. The normalized spacial score (nSPS) is 15.2. The highest BCUT2D eigenvalue weighted by Crippen LogP contribution is 2.29. The van der Waals surface area contributed by atoms with Crippen molar-refractivity contribution in [2.75, 3.05) is 18.5 Å². The van der Waals surface area contributed by atoms with Crippen LogP contribution in [0, 0.1) is 16.0 Å². The van der Waals surface area contributed by atoms with Gasteiger partial charge in [0.2, 0.25) is 5.91 Å². The van der Waals surface area contributed by atoms with Crippen LogP contribution in [0.4, 0.5) is 11.4 Å². The first-order valence-electron chi connectivity index (χ1n) is 9.42. The van der Waals surface area contributed by atoms with Gasteiger partial charge in [-0.05, 0) is 24.3 Å². The molecule has 0 aromatic heterocycles. The van der Waals surface area contributed by atoms with Gasteiger partial charge >= 0.3 is 5.97 Å². The number of hydrogen-bond donors (Lipinski definition) is 2. The minimum Gasteiger partial charge on any atom is -0.455 e. The summed E-state index contributed by atoms with van der Waals surface area (Å²) in [6.45, 7) is -0.764. The Morgan fingerprint density at radius 1 is 1.15 bits per heavy atom. The van der Waals surface area contributed by atoms with E-state index in [9.17, 15) is 29.3 Å². The van der Waals surface area contributed by atoms with E-state index in [1.165, 1.54) is 18.2 Å². The molecule has 0 radical (unpaired) electrons. The van der Waals surface area contributed by atoms with Crippen molar-refractivity contribution in [3.8, 4) is 0 Å². The van der Waals surface area contributed by atoms with Crippen LogP contribution in [0.3, 0.4) is 0 Å². The summed E-state index contributed by atoms with van der Waals surface area (Å²) in [5, 5.41) is 14.5. The number of nitro groups is 1. The van der Waals surface area contributed by atoms with Gasteiger partial charge in [-0.2, -0.15) is 0 Å². The fourth-order valence-corrected chi connectivity index (χ4v) is 3.28. The Labute approximate surface area is 196 Å². The number of amides is 3. The van der Waals surface area contributed by atoms with E-state index < -0.39 is 41.1 Å². The van der Waals surface area contributed by atoms with E-state index in [4.69, 9.17) is 27.9 Å². The van der Waals surface area contributed by atoms with E-state index in [2.05, 4.69) is 10.7 Å². The number of benzene rings is 2. The van der Waals surface area contributed by atoms with Gasteiger partial charge in [-0.25, -0.2) is 0 Å². The highest BCUT2D eigenvalue weighted by Gasteiger charge is 2.36. The lowest BCUT2D eigenvalue weighted by Gasteiger charge is -2.17. The molecule has 0 unspecified atom stereocenters. The maximum atomic E-state index is 12.3. The van der Waals surface area contributed by atoms with Gasteiger partial charge in [0.25, 0.3) is 17.5 Å². The first-order valence-corrected chi connectivity index (χ1v) is 10.2. The average Bonchev–Trinajstić information content (AvgIpc) is 3.15. The van der Waals surface area contributed by atoms with Crippen LogP contribution in [0.25, 0.3) is 0 Å². The quantitative estimate of drug-likeness (QED) is 0.341. The molecular weight excluding hydrogens is 479 g/mol.